The lowest BCUT2D eigenvalue weighted by molar-refractivity contribution is 0.408. The van der Waals surface area contributed by atoms with Crippen molar-refractivity contribution < 1.29 is 13.2 Å². The number of hydrogen-bond donors (Lipinski definition) is 2. The second-order valence-corrected chi connectivity index (χ2v) is 6.67. The number of hydrogen-bond acceptors (Lipinski definition) is 4. The van der Waals surface area contributed by atoms with E-state index in [0.29, 0.717) is 6.54 Å². The quantitative estimate of drug-likeness (QED) is 0.802. The molecule has 0 radical (unpaired) electrons. The Morgan fingerprint density at radius 3 is 2.25 bits per heavy atom. The minimum Gasteiger partial charge on any atom is -0.496 e. The maximum absolute atomic E-state index is 12.3. The summed E-state index contributed by atoms with van der Waals surface area (Å²) in [4.78, 5) is 0.275. The lowest BCUT2D eigenvalue weighted by Crippen LogP contribution is -2.38. The van der Waals surface area contributed by atoms with Gasteiger partial charge in [0.05, 0.1) is 12.0 Å². The third-order valence-corrected chi connectivity index (χ3v) is 4.48. The van der Waals surface area contributed by atoms with E-state index in [4.69, 9.17) is 4.74 Å². The first-order valence-electron chi connectivity index (χ1n) is 6.70. The molecule has 1 aromatic rings. The van der Waals surface area contributed by atoms with Gasteiger partial charge in [-0.2, -0.15) is 0 Å². The van der Waals surface area contributed by atoms with Gasteiger partial charge >= 0.3 is 0 Å². The van der Waals surface area contributed by atoms with E-state index in [9.17, 15) is 8.42 Å². The van der Waals surface area contributed by atoms with Crippen molar-refractivity contribution in [1.82, 2.24) is 10.0 Å². The van der Waals surface area contributed by atoms with Crippen molar-refractivity contribution in [1.29, 1.82) is 0 Å². The molecular weight excluding hydrogens is 276 g/mol. The molecule has 1 rings (SSSR count). The first-order chi connectivity index (χ1) is 9.31. The Bertz CT molecular complexity index is 533. The standard InChI is InChI=1S/C14H24N2O3S/c1-6-15-12(4)9-16-20(17,18)13-7-10(2)14(19-5)11(3)8-13/h7-8,12,15-16H,6,9H2,1-5H3/t12-/m1/s1. The van der Waals surface area contributed by atoms with Gasteiger partial charge in [0.25, 0.3) is 0 Å². The molecule has 0 saturated heterocycles. The third-order valence-electron chi connectivity index (χ3n) is 3.08. The summed E-state index contributed by atoms with van der Waals surface area (Å²) in [6.07, 6.45) is 0. The summed E-state index contributed by atoms with van der Waals surface area (Å²) in [5.74, 6) is 0.727. The molecule has 114 valence electrons. The summed E-state index contributed by atoms with van der Waals surface area (Å²) in [6.45, 7) is 8.78. The topological polar surface area (TPSA) is 67.4 Å². The first kappa shape index (κ1) is 16.9. The van der Waals surface area contributed by atoms with Crippen molar-refractivity contribution in [2.24, 2.45) is 0 Å². The zero-order valence-corrected chi connectivity index (χ0v) is 13.6. The highest BCUT2D eigenvalue weighted by Crippen LogP contribution is 2.26. The van der Waals surface area contributed by atoms with Crippen molar-refractivity contribution in [3.63, 3.8) is 0 Å². The average molecular weight is 300 g/mol. The van der Waals surface area contributed by atoms with Gasteiger partial charge in [-0.15, -0.1) is 0 Å². The molecule has 20 heavy (non-hydrogen) atoms. The molecule has 5 nitrogen and oxygen atoms in total. The van der Waals surface area contributed by atoms with Gasteiger partial charge in [-0.25, -0.2) is 13.1 Å². The second kappa shape index (κ2) is 7.06. The SMILES string of the molecule is CCN[C@H](C)CNS(=O)(=O)c1cc(C)c(OC)c(C)c1. The summed E-state index contributed by atoms with van der Waals surface area (Å²) >= 11 is 0. The van der Waals surface area contributed by atoms with Crippen LogP contribution in [0.3, 0.4) is 0 Å². The number of sulfonamides is 1. The summed E-state index contributed by atoms with van der Waals surface area (Å²) in [5, 5.41) is 3.16. The Balaban J connectivity index is 2.93. The van der Waals surface area contributed by atoms with Gasteiger partial charge < -0.3 is 10.1 Å². The van der Waals surface area contributed by atoms with Crippen LogP contribution in [0.25, 0.3) is 0 Å². The molecular formula is C14H24N2O3S. The van der Waals surface area contributed by atoms with E-state index in [1.807, 2.05) is 27.7 Å². The van der Waals surface area contributed by atoms with Gasteiger partial charge in [0.2, 0.25) is 10.0 Å². The smallest absolute Gasteiger partial charge is 0.240 e. The van der Waals surface area contributed by atoms with Crippen LogP contribution in [0.1, 0.15) is 25.0 Å². The number of benzene rings is 1. The minimum atomic E-state index is -3.49. The first-order valence-corrected chi connectivity index (χ1v) is 8.18. The predicted octanol–water partition coefficient (Wildman–Crippen LogP) is 1.59. The summed E-state index contributed by atoms with van der Waals surface area (Å²) in [6, 6.07) is 3.35. The lowest BCUT2D eigenvalue weighted by Gasteiger charge is -2.15. The molecule has 2 N–H and O–H groups in total. The summed E-state index contributed by atoms with van der Waals surface area (Å²) in [7, 11) is -1.91. The van der Waals surface area contributed by atoms with Crippen LogP contribution < -0.4 is 14.8 Å². The van der Waals surface area contributed by atoms with Crippen LogP contribution in [0.5, 0.6) is 5.75 Å². The van der Waals surface area contributed by atoms with Gasteiger partial charge in [-0.05, 0) is 50.6 Å². The fourth-order valence-electron chi connectivity index (χ4n) is 2.13. The molecule has 6 heteroatoms. The van der Waals surface area contributed by atoms with Gasteiger partial charge in [0.1, 0.15) is 5.75 Å². The number of rotatable bonds is 7. The van der Waals surface area contributed by atoms with Crippen molar-refractivity contribution in [2.45, 2.75) is 38.6 Å². The van der Waals surface area contributed by atoms with Crippen LogP contribution in [0.2, 0.25) is 0 Å². The minimum absolute atomic E-state index is 0.0928. The highest BCUT2D eigenvalue weighted by molar-refractivity contribution is 7.89. The summed E-state index contributed by atoms with van der Waals surface area (Å²) < 4.78 is 32.4. The molecule has 0 saturated carbocycles. The number of ether oxygens (including phenoxy) is 1. The maximum atomic E-state index is 12.3. The Morgan fingerprint density at radius 1 is 1.25 bits per heavy atom. The molecule has 0 aliphatic heterocycles. The fourth-order valence-corrected chi connectivity index (χ4v) is 3.43. The van der Waals surface area contributed by atoms with Crippen molar-refractivity contribution in [3.05, 3.63) is 23.3 Å². The highest BCUT2D eigenvalue weighted by Gasteiger charge is 2.17. The molecule has 1 atom stereocenters. The Hall–Kier alpha value is -1.11. The molecule has 0 spiro atoms. The van der Waals surface area contributed by atoms with Gasteiger partial charge in [0, 0.05) is 12.6 Å². The third kappa shape index (κ3) is 4.19. The van der Waals surface area contributed by atoms with E-state index in [2.05, 4.69) is 10.0 Å². The number of nitrogens with one attached hydrogen (secondary N) is 2. The van der Waals surface area contributed by atoms with Crippen LogP contribution in [0, 0.1) is 13.8 Å². The Labute approximate surface area is 121 Å². The zero-order chi connectivity index (χ0) is 15.3. The number of likely N-dealkylation sites (N-methyl/N-ethyl adjacent to an activating group) is 1. The van der Waals surface area contributed by atoms with Gasteiger partial charge in [0.15, 0.2) is 0 Å². The molecule has 0 unspecified atom stereocenters. The molecule has 0 aliphatic carbocycles. The molecule has 0 aliphatic rings. The molecule has 1 aromatic carbocycles. The van der Waals surface area contributed by atoms with Crippen molar-refractivity contribution in [2.75, 3.05) is 20.2 Å². The fraction of sp³-hybridized carbons (Fsp3) is 0.571. The van der Waals surface area contributed by atoms with Crippen LogP contribution in [0.15, 0.2) is 17.0 Å². The monoisotopic (exact) mass is 300 g/mol. The molecule has 0 amide bonds. The lowest BCUT2D eigenvalue weighted by atomic mass is 10.1. The Kier molecular flexibility index (Phi) is 5.98. The van der Waals surface area contributed by atoms with Crippen LogP contribution >= 0.6 is 0 Å². The van der Waals surface area contributed by atoms with Gasteiger partial charge in [-0.3, -0.25) is 0 Å². The number of methoxy groups -OCH3 is 1. The molecule has 0 fully saturated rings. The molecule has 0 bridgehead atoms. The van der Waals surface area contributed by atoms with Crippen LogP contribution in [0.4, 0.5) is 0 Å². The van der Waals surface area contributed by atoms with E-state index in [1.54, 1.807) is 19.2 Å². The number of aryl methyl sites for hydroxylation is 2. The van der Waals surface area contributed by atoms with Crippen molar-refractivity contribution >= 4 is 10.0 Å². The highest BCUT2D eigenvalue weighted by atomic mass is 32.2. The summed E-state index contributed by atoms with van der Waals surface area (Å²) in [5.41, 5.74) is 1.63. The van der Waals surface area contributed by atoms with E-state index in [-0.39, 0.29) is 10.9 Å². The Morgan fingerprint density at radius 2 is 1.80 bits per heavy atom. The predicted molar refractivity (Wildman–Crippen MR) is 80.8 cm³/mol. The van der Waals surface area contributed by atoms with Gasteiger partial charge in [-0.1, -0.05) is 6.92 Å². The van der Waals surface area contributed by atoms with Crippen LogP contribution in [-0.2, 0) is 10.0 Å². The zero-order valence-electron chi connectivity index (χ0n) is 12.8. The van der Waals surface area contributed by atoms with E-state index >= 15 is 0 Å². The van der Waals surface area contributed by atoms with E-state index < -0.39 is 10.0 Å². The van der Waals surface area contributed by atoms with E-state index in [1.165, 1.54) is 0 Å². The average Bonchev–Trinajstić information content (AvgIpc) is 2.36. The second-order valence-electron chi connectivity index (χ2n) is 4.90. The maximum Gasteiger partial charge on any atom is 0.240 e. The largest absolute Gasteiger partial charge is 0.496 e. The van der Waals surface area contributed by atoms with Crippen molar-refractivity contribution in [3.8, 4) is 5.75 Å². The molecule has 0 aromatic heterocycles. The normalized spacial score (nSPS) is 13.2. The van der Waals surface area contributed by atoms with E-state index in [0.717, 1.165) is 23.4 Å². The molecule has 0 heterocycles. The van der Waals surface area contributed by atoms with Crippen LogP contribution in [-0.4, -0.2) is 34.7 Å².